The summed E-state index contributed by atoms with van der Waals surface area (Å²) in [6.45, 7) is 4.79. The SMILES string of the molecule is CCOc1ccc(C=C2SC(=S)N(c3ccc([N+](=O)[O-])cc3)C2=O)c(OCC)c1. The molecular formula is C20H18N2O5S2. The minimum Gasteiger partial charge on any atom is -0.494 e. The van der Waals surface area contributed by atoms with Crippen LogP contribution in [0, 0.1) is 10.1 Å². The summed E-state index contributed by atoms with van der Waals surface area (Å²) in [6, 6.07) is 11.1. The van der Waals surface area contributed by atoms with E-state index in [1.54, 1.807) is 12.1 Å². The maximum absolute atomic E-state index is 12.9. The fourth-order valence-corrected chi connectivity index (χ4v) is 4.02. The van der Waals surface area contributed by atoms with Crippen molar-refractivity contribution in [1.29, 1.82) is 0 Å². The van der Waals surface area contributed by atoms with Crippen LogP contribution in [0.3, 0.4) is 0 Å². The van der Waals surface area contributed by atoms with E-state index in [0.717, 1.165) is 5.56 Å². The molecule has 2 aromatic carbocycles. The monoisotopic (exact) mass is 430 g/mol. The number of benzene rings is 2. The first-order valence-corrected chi connectivity index (χ1v) is 10.1. The Labute approximate surface area is 177 Å². The second kappa shape index (κ2) is 9.06. The van der Waals surface area contributed by atoms with Crippen LogP contribution in [0.1, 0.15) is 19.4 Å². The molecule has 1 heterocycles. The van der Waals surface area contributed by atoms with E-state index in [4.69, 9.17) is 21.7 Å². The van der Waals surface area contributed by atoms with Crippen LogP contribution in [0.25, 0.3) is 6.08 Å². The smallest absolute Gasteiger partial charge is 0.270 e. The molecule has 0 N–H and O–H groups in total. The average molecular weight is 431 g/mol. The standard InChI is InChI=1S/C20H18N2O5S2/c1-3-26-16-10-5-13(17(12-16)27-4-2)11-18-19(23)21(20(28)29-18)14-6-8-15(9-7-14)22(24)25/h5-12H,3-4H2,1-2H3. The van der Waals surface area contributed by atoms with Crippen molar-refractivity contribution in [2.75, 3.05) is 18.1 Å². The highest BCUT2D eigenvalue weighted by Crippen LogP contribution is 2.38. The molecule has 1 fully saturated rings. The lowest BCUT2D eigenvalue weighted by Crippen LogP contribution is -2.27. The van der Waals surface area contributed by atoms with Crippen molar-refractivity contribution in [3.05, 3.63) is 63.0 Å². The Bertz CT molecular complexity index is 989. The molecule has 1 aliphatic heterocycles. The molecule has 2 aromatic rings. The summed E-state index contributed by atoms with van der Waals surface area (Å²) in [7, 11) is 0. The number of nitro groups is 1. The van der Waals surface area contributed by atoms with Crippen molar-refractivity contribution in [2.24, 2.45) is 0 Å². The normalized spacial score (nSPS) is 15.1. The summed E-state index contributed by atoms with van der Waals surface area (Å²) in [5.41, 5.74) is 1.17. The third-order valence-electron chi connectivity index (χ3n) is 3.99. The van der Waals surface area contributed by atoms with Crippen molar-refractivity contribution in [1.82, 2.24) is 0 Å². The van der Waals surface area contributed by atoms with E-state index in [9.17, 15) is 14.9 Å². The van der Waals surface area contributed by atoms with Crippen LogP contribution < -0.4 is 14.4 Å². The quantitative estimate of drug-likeness (QED) is 0.270. The van der Waals surface area contributed by atoms with Gasteiger partial charge in [-0.05, 0) is 44.2 Å². The molecule has 0 unspecified atom stereocenters. The van der Waals surface area contributed by atoms with Gasteiger partial charge in [-0.25, -0.2) is 0 Å². The van der Waals surface area contributed by atoms with Crippen LogP contribution in [-0.4, -0.2) is 28.4 Å². The minimum absolute atomic E-state index is 0.0505. The second-order valence-corrected chi connectivity index (χ2v) is 7.53. The highest BCUT2D eigenvalue weighted by molar-refractivity contribution is 8.27. The van der Waals surface area contributed by atoms with Gasteiger partial charge in [0.1, 0.15) is 11.5 Å². The fourth-order valence-electron chi connectivity index (χ4n) is 2.73. The second-order valence-electron chi connectivity index (χ2n) is 5.86. The molecule has 0 bridgehead atoms. The van der Waals surface area contributed by atoms with E-state index >= 15 is 0 Å². The Morgan fingerprint density at radius 2 is 1.83 bits per heavy atom. The number of thioether (sulfide) groups is 1. The van der Waals surface area contributed by atoms with Gasteiger partial charge in [0, 0.05) is 23.8 Å². The van der Waals surface area contributed by atoms with Crippen LogP contribution >= 0.6 is 24.0 Å². The highest BCUT2D eigenvalue weighted by Gasteiger charge is 2.33. The lowest BCUT2D eigenvalue weighted by atomic mass is 10.1. The zero-order chi connectivity index (χ0) is 21.0. The number of nitrogens with zero attached hydrogens (tertiary/aromatic N) is 2. The van der Waals surface area contributed by atoms with Crippen LogP contribution in [0.4, 0.5) is 11.4 Å². The van der Waals surface area contributed by atoms with Crippen LogP contribution in [0.2, 0.25) is 0 Å². The van der Waals surface area contributed by atoms with Crippen LogP contribution in [0.15, 0.2) is 47.4 Å². The third-order valence-corrected chi connectivity index (χ3v) is 5.30. The third kappa shape index (κ3) is 4.57. The van der Waals surface area contributed by atoms with Gasteiger partial charge in [-0.3, -0.25) is 19.8 Å². The van der Waals surface area contributed by atoms with Gasteiger partial charge in [-0.2, -0.15) is 0 Å². The first-order valence-electron chi connectivity index (χ1n) is 8.86. The Morgan fingerprint density at radius 1 is 1.14 bits per heavy atom. The molecule has 150 valence electrons. The first kappa shape index (κ1) is 20.8. The maximum Gasteiger partial charge on any atom is 0.270 e. The number of ether oxygens (including phenoxy) is 2. The molecule has 0 atom stereocenters. The molecule has 1 amide bonds. The Hall–Kier alpha value is -2.91. The van der Waals surface area contributed by atoms with E-state index < -0.39 is 4.92 Å². The number of carbonyl (C=O) groups excluding carboxylic acids is 1. The largest absolute Gasteiger partial charge is 0.494 e. The summed E-state index contributed by atoms with van der Waals surface area (Å²) in [5, 5.41) is 10.8. The maximum atomic E-state index is 12.9. The Balaban J connectivity index is 1.90. The van der Waals surface area contributed by atoms with E-state index in [1.807, 2.05) is 26.0 Å². The average Bonchev–Trinajstić information content (AvgIpc) is 2.97. The van der Waals surface area contributed by atoms with Crippen molar-refractivity contribution >= 4 is 51.7 Å². The molecule has 0 aliphatic carbocycles. The molecule has 0 aromatic heterocycles. The molecule has 7 nitrogen and oxygen atoms in total. The zero-order valence-electron chi connectivity index (χ0n) is 15.8. The molecular weight excluding hydrogens is 412 g/mol. The van der Waals surface area contributed by atoms with E-state index in [2.05, 4.69) is 0 Å². The number of hydrogen-bond acceptors (Lipinski definition) is 7. The molecule has 0 spiro atoms. The number of non-ortho nitro benzene ring substituents is 1. The molecule has 29 heavy (non-hydrogen) atoms. The highest BCUT2D eigenvalue weighted by atomic mass is 32.2. The zero-order valence-corrected chi connectivity index (χ0v) is 17.4. The summed E-state index contributed by atoms with van der Waals surface area (Å²) in [6.07, 6.45) is 1.73. The number of anilines is 1. The van der Waals surface area contributed by atoms with E-state index in [-0.39, 0.29) is 11.6 Å². The van der Waals surface area contributed by atoms with Gasteiger partial charge >= 0.3 is 0 Å². The van der Waals surface area contributed by atoms with Crippen molar-refractivity contribution in [2.45, 2.75) is 13.8 Å². The molecule has 3 rings (SSSR count). The van der Waals surface area contributed by atoms with Gasteiger partial charge < -0.3 is 9.47 Å². The topological polar surface area (TPSA) is 81.9 Å². The number of amides is 1. The number of carbonyl (C=O) groups is 1. The van der Waals surface area contributed by atoms with Gasteiger partial charge in [-0.1, -0.05) is 24.0 Å². The van der Waals surface area contributed by atoms with E-state index in [0.29, 0.717) is 39.6 Å². The van der Waals surface area contributed by atoms with E-state index in [1.165, 1.54) is 40.9 Å². The van der Waals surface area contributed by atoms with Gasteiger partial charge in [0.05, 0.1) is 28.7 Å². The number of nitro benzene ring substituents is 1. The van der Waals surface area contributed by atoms with Gasteiger partial charge in [0.15, 0.2) is 4.32 Å². The summed E-state index contributed by atoms with van der Waals surface area (Å²) in [4.78, 5) is 25.1. The number of hydrogen-bond donors (Lipinski definition) is 0. The molecule has 1 saturated heterocycles. The van der Waals surface area contributed by atoms with Crippen molar-refractivity contribution in [3.8, 4) is 11.5 Å². The number of rotatable bonds is 7. The van der Waals surface area contributed by atoms with Gasteiger partial charge in [-0.15, -0.1) is 0 Å². The molecule has 0 saturated carbocycles. The summed E-state index contributed by atoms with van der Waals surface area (Å²) < 4.78 is 11.6. The van der Waals surface area contributed by atoms with Crippen molar-refractivity contribution in [3.63, 3.8) is 0 Å². The molecule has 0 radical (unpaired) electrons. The predicted octanol–water partition coefficient (Wildman–Crippen LogP) is 4.80. The lowest BCUT2D eigenvalue weighted by molar-refractivity contribution is -0.384. The number of thiocarbonyl (C=S) groups is 1. The van der Waals surface area contributed by atoms with Crippen LogP contribution in [0.5, 0.6) is 11.5 Å². The fraction of sp³-hybridized carbons (Fsp3) is 0.200. The summed E-state index contributed by atoms with van der Waals surface area (Å²) in [5.74, 6) is 1.01. The first-order chi connectivity index (χ1) is 13.9. The predicted molar refractivity (Wildman–Crippen MR) is 118 cm³/mol. The van der Waals surface area contributed by atoms with Gasteiger partial charge in [0.25, 0.3) is 11.6 Å². The lowest BCUT2D eigenvalue weighted by Gasteiger charge is -2.14. The van der Waals surface area contributed by atoms with Crippen molar-refractivity contribution < 1.29 is 19.2 Å². The van der Waals surface area contributed by atoms with Crippen LogP contribution in [-0.2, 0) is 4.79 Å². The Morgan fingerprint density at radius 3 is 2.45 bits per heavy atom. The summed E-state index contributed by atoms with van der Waals surface area (Å²) >= 11 is 6.53. The molecule has 1 aliphatic rings. The minimum atomic E-state index is -0.491. The molecule has 9 heteroatoms. The van der Waals surface area contributed by atoms with Gasteiger partial charge in [0.2, 0.25) is 0 Å². The Kier molecular flexibility index (Phi) is 6.50.